The van der Waals surface area contributed by atoms with E-state index in [0.717, 1.165) is 16.7 Å². The molecule has 0 radical (unpaired) electrons. The molecule has 0 amide bonds. The van der Waals surface area contributed by atoms with E-state index in [4.69, 9.17) is 5.11 Å². The van der Waals surface area contributed by atoms with Crippen molar-refractivity contribution in [2.45, 2.75) is 37.8 Å². The van der Waals surface area contributed by atoms with Gasteiger partial charge in [-0.3, -0.25) is 4.79 Å². The average Bonchev–Trinajstić information content (AvgIpc) is 2.96. The predicted octanol–water partition coefficient (Wildman–Crippen LogP) is 5.85. The normalized spacial score (nSPS) is 25.4. The largest absolute Gasteiger partial charge is 0.507 e. The van der Waals surface area contributed by atoms with E-state index in [1.54, 1.807) is 0 Å². The zero-order valence-electron chi connectivity index (χ0n) is 16.3. The Bertz CT molecular complexity index is 1180. The molecule has 4 nitrogen and oxygen atoms in total. The van der Waals surface area contributed by atoms with Gasteiger partial charge in [-0.15, -0.1) is 0 Å². The number of fused-ring (bicyclic) bond motifs is 1. The van der Waals surface area contributed by atoms with Gasteiger partial charge in [0, 0.05) is 11.1 Å². The number of hydrogen-bond acceptors (Lipinski definition) is 2. The molecule has 3 aromatic rings. The highest BCUT2D eigenvalue weighted by atomic mass is 19.4. The van der Waals surface area contributed by atoms with E-state index >= 15 is 0 Å². The van der Waals surface area contributed by atoms with Crippen molar-refractivity contribution in [3.63, 3.8) is 0 Å². The lowest BCUT2D eigenvalue weighted by Gasteiger charge is -2.57. The van der Waals surface area contributed by atoms with Crippen LogP contribution in [0.25, 0.3) is 16.6 Å². The van der Waals surface area contributed by atoms with Crippen molar-refractivity contribution >= 4 is 16.9 Å². The Hall–Kier alpha value is -3.03. The molecular formula is C23H19F4NO3. The van der Waals surface area contributed by atoms with Crippen molar-refractivity contribution in [1.29, 1.82) is 0 Å². The molecule has 162 valence electrons. The number of carboxylic acid groups (broad SMARTS) is 1. The summed E-state index contributed by atoms with van der Waals surface area (Å²) < 4.78 is 57.6. The maximum atomic E-state index is 14.4. The van der Waals surface area contributed by atoms with Gasteiger partial charge in [0.25, 0.3) is 0 Å². The number of carboxylic acids is 1. The van der Waals surface area contributed by atoms with E-state index in [9.17, 15) is 27.5 Å². The Kier molecular flexibility index (Phi) is 4.16. The number of benzene rings is 2. The SMILES string of the molecule is O=C(O)C1CC2(C1)CC(c1c(C(F)(F)F)n(-c3ccc(F)cc3)c3cccc(O)c13)C2. The smallest absolute Gasteiger partial charge is 0.432 e. The van der Waals surface area contributed by atoms with Crippen LogP contribution in [0.1, 0.15) is 42.9 Å². The number of aromatic nitrogens is 1. The summed E-state index contributed by atoms with van der Waals surface area (Å²) >= 11 is 0. The van der Waals surface area contributed by atoms with Crippen LogP contribution in [-0.4, -0.2) is 20.7 Å². The van der Waals surface area contributed by atoms with Gasteiger partial charge in [-0.2, -0.15) is 13.2 Å². The third kappa shape index (κ3) is 2.99. The first-order valence-corrected chi connectivity index (χ1v) is 10.0. The van der Waals surface area contributed by atoms with Gasteiger partial charge < -0.3 is 14.8 Å². The molecule has 1 spiro atoms. The van der Waals surface area contributed by atoms with Crippen molar-refractivity contribution in [3.05, 3.63) is 59.5 Å². The van der Waals surface area contributed by atoms with Crippen LogP contribution < -0.4 is 0 Å². The van der Waals surface area contributed by atoms with Gasteiger partial charge >= 0.3 is 12.1 Å². The molecule has 0 saturated heterocycles. The summed E-state index contributed by atoms with van der Waals surface area (Å²) in [4.78, 5) is 11.1. The van der Waals surface area contributed by atoms with E-state index < -0.39 is 35.5 Å². The molecule has 0 unspecified atom stereocenters. The molecule has 1 heterocycles. The van der Waals surface area contributed by atoms with Crippen LogP contribution in [0.15, 0.2) is 42.5 Å². The van der Waals surface area contributed by atoms with Crippen molar-refractivity contribution in [2.75, 3.05) is 0 Å². The van der Waals surface area contributed by atoms with Crippen LogP contribution >= 0.6 is 0 Å². The molecule has 31 heavy (non-hydrogen) atoms. The Morgan fingerprint density at radius 2 is 1.68 bits per heavy atom. The molecule has 2 aliphatic carbocycles. The van der Waals surface area contributed by atoms with E-state index in [1.807, 2.05) is 0 Å². The second-order valence-corrected chi connectivity index (χ2v) is 8.79. The zero-order chi connectivity index (χ0) is 22.1. The molecule has 2 saturated carbocycles. The fourth-order valence-electron chi connectivity index (χ4n) is 5.57. The quantitative estimate of drug-likeness (QED) is 0.509. The molecule has 8 heteroatoms. The Morgan fingerprint density at radius 1 is 1.03 bits per heavy atom. The number of rotatable bonds is 3. The second kappa shape index (κ2) is 6.48. The summed E-state index contributed by atoms with van der Waals surface area (Å²) in [5.74, 6) is -2.54. The lowest BCUT2D eigenvalue weighted by molar-refractivity contribution is -0.156. The highest BCUT2D eigenvalue weighted by molar-refractivity contribution is 5.93. The zero-order valence-corrected chi connectivity index (χ0v) is 16.3. The molecule has 2 fully saturated rings. The molecule has 0 bridgehead atoms. The third-order valence-corrected chi connectivity index (χ3v) is 6.84. The lowest BCUT2D eigenvalue weighted by atomic mass is 9.47. The van der Waals surface area contributed by atoms with Crippen LogP contribution in [0.2, 0.25) is 0 Å². The average molecular weight is 433 g/mol. The third-order valence-electron chi connectivity index (χ3n) is 6.84. The lowest BCUT2D eigenvalue weighted by Crippen LogP contribution is -2.49. The number of nitrogens with zero attached hydrogens (tertiary/aromatic N) is 1. The highest BCUT2D eigenvalue weighted by Gasteiger charge is 2.57. The van der Waals surface area contributed by atoms with Gasteiger partial charge in [-0.25, -0.2) is 4.39 Å². The summed E-state index contributed by atoms with van der Waals surface area (Å²) in [5.41, 5.74) is -0.712. The van der Waals surface area contributed by atoms with Gasteiger partial charge in [-0.1, -0.05) is 6.07 Å². The number of phenols is 1. The van der Waals surface area contributed by atoms with E-state index in [-0.39, 0.29) is 33.3 Å². The van der Waals surface area contributed by atoms with E-state index in [0.29, 0.717) is 25.7 Å². The summed E-state index contributed by atoms with van der Waals surface area (Å²) in [6.07, 6.45) is -2.85. The van der Waals surface area contributed by atoms with Gasteiger partial charge in [0.05, 0.1) is 11.4 Å². The number of hydrogen-bond donors (Lipinski definition) is 2. The molecule has 2 N–H and O–H groups in total. The minimum Gasteiger partial charge on any atom is -0.507 e. The standard InChI is InChI=1S/C23H19F4NO3/c24-14-4-6-15(7-5-14)28-16-2-1-3-17(29)19(16)18(20(28)23(25,26)27)12-8-22(9-12)10-13(11-22)21(30)31/h1-7,12-13,29H,8-11H2,(H,30,31). The number of halogens is 4. The highest BCUT2D eigenvalue weighted by Crippen LogP contribution is 2.66. The Balaban J connectivity index is 1.66. The van der Waals surface area contributed by atoms with Crippen molar-refractivity contribution < 1.29 is 32.6 Å². The molecule has 1 aromatic heterocycles. The summed E-state index contributed by atoms with van der Waals surface area (Å²) in [6, 6.07) is 9.11. The first kappa shape index (κ1) is 19.9. The van der Waals surface area contributed by atoms with Gasteiger partial charge in [0.15, 0.2) is 0 Å². The summed E-state index contributed by atoms with van der Waals surface area (Å²) in [5, 5.41) is 19.8. The number of aromatic hydroxyl groups is 1. The fourth-order valence-corrected chi connectivity index (χ4v) is 5.57. The molecule has 0 atom stereocenters. The van der Waals surface area contributed by atoms with Crippen LogP contribution in [0.4, 0.5) is 17.6 Å². The number of aliphatic carboxylic acids is 1. The molecule has 2 aliphatic rings. The fraction of sp³-hybridized carbons (Fsp3) is 0.348. The minimum atomic E-state index is -4.71. The van der Waals surface area contributed by atoms with Crippen LogP contribution in [0, 0.1) is 17.2 Å². The van der Waals surface area contributed by atoms with E-state index in [1.165, 1.54) is 30.3 Å². The Morgan fingerprint density at radius 3 is 2.26 bits per heavy atom. The number of carbonyl (C=O) groups is 1. The van der Waals surface area contributed by atoms with Crippen LogP contribution in [0.5, 0.6) is 5.75 Å². The van der Waals surface area contributed by atoms with Crippen LogP contribution in [-0.2, 0) is 11.0 Å². The van der Waals surface area contributed by atoms with Crippen molar-refractivity contribution in [1.82, 2.24) is 4.57 Å². The van der Waals surface area contributed by atoms with Crippen LogP contribution in [0.3, 0.4) is 0 Å². The predicted molar refractivity (Wildman–Crippen MR) is 105 cm³/mol. The number of phenolic OH excluding ortho intramolecular Hbond substituents is 1. The molecular weight excluding hydrogens is 414 g/mol. The maximum absolute atomic E-state index is 14.4. The number of alkyl halides is 3. The van der Waals surface area contributed by atoms with Crippen molar-refractivity contribution in [3.8, 4) is 11.4 Å². The first-order valence-electron chi connectivity index (χ1n) is 10.0. The topological polar surface area (TPSA) is 62.5 Å². The second-order valence-electron chi connectivity index (χ2n) is 8.79. The monoisotopic (exact) mass is 433 g/mol. The summed E-state index contributed by atoms with van der Waals surface area (Å²) in [6.45, 7) is 0. The van der Waals surface area contributed by atoms with Crippen molar-refractivity contribution in [2.24, 2.45) is 11.3 Å². The molecule has 0 aliphatic heterocycles. The molecule has 5 rings (SSSR count). The minimum absolute atomic E-state index is 0.0364. The Labute approximate surface area is 174 Å². The van der Waals surface area contributed by atoms with E-state index in [2.05, 4.69) is 0 Å². The van der Waals surface area contributed by atoms with Gasteiger partial charge in [0.1, 0.15) is 17.3 Å². The first-order chi connectivity index (χ1) is 14.6. The van der Waals surface area contributed by atoms with Gasteiger partial charge in [-0.05, 0) is 79.0 Å². The van der Waals surface area contributed by atoms with Gasteiger partial charge in [0.2, 0.25) is 0 Å². The maximum Gasteiger partial charge on any atom is 0.432 e. The molecule has 2 aromatic carbocycles. The summed E-state index contributed by atoms with van der Waals surface area (Å²) in [7, 11) is 0.